The second kappa shape index (κ2) is 6.90. The summed E-state index contributed by atoms with van der Waals surface area (Å²) in [7, 11) is 0. The van der Waals surface area contributed by atoms with Gasteiger partial charge >= 0.3 is 0 Å². The molecule has 0 saturated heterocycles. The third-order valence-corrected chi connectivity index (χ3v) is 4.26. The van der Waals surface area contributed by atoms with E-state index in [1.54, 1.807) is 12.1 Å². The van der Waals surface area contributed by atoms with Crippen LogP contribution < -0.4 is 19.5 Å². The maximum absolute atomic E-state index is 12.0. The minimum Gasteiger partial charge on any atom is -0.486 e. The molecule has 0 unspecified atom stereocenters. The van der Waals surface area contributed by atoms with Crippen LogP contribution in [0.2, 0.25) is 0 Å². The van der Waals surface area contributed by atoms with Gasteiger partial charge in [0.15, 0.2) is 18.1 Å². The normalized spacial score (nSPS) is 23.7. The van der Waals surface area contributed by atoms with Gasteiger partial charge < -0.3 is 19.5 Å². The van der Waals surface area contributed by atoms with E-state index in [9.17, 15) is 4.79 Å². The van der Waals surface area contributed by atoms with Gasteiger partial charge in [0, 0.05) is 12.1 Å². The maximum atomic E-state index is 12.0. The van der Waals surface area contributed by atoms with Gasteiger partial charge in [0.1, 0.15) is 19.0 Å². The van der Waals surface area contributed by atoms with Crippen LogP contribution in [0.5, 0.6) is 17.2 Å². The molecule has 1 aliphatic carbocycles. The molecule has 1 aromatic carbocycles. The Hall–Kier alpha value is -1.91. The van der Waals surface area contributed by atoms with Crippen molar-refractivity contribution in [1.82, 2.24) is 5.32 Å². The van der Waals surface area contributed by atoms with Gasteiger partial charge in [-0.1, -0.05) is 6.92 Å². The zero-order chi connectivity index (χ0) is 15.4. The Bertz CT molecular complexity index is 523. The number of benzene rings is 1. The monoisotopic (exact) mass is 305 g/mol. The molecule has 22 heavy (non-hydrogen) atoms. The van der Waals surface area contributed by atoms with Gasteiger partial charge in [-0.05, 0) is 43.7 Å². The molecule has 0 aromatic heterocycles. The van der Waals surface area contributed by atoms with Crippen LogP contribution in [0.1, 0.15) is 32.6 Å². The third-order valence-electron chi connectivity index (χ3n) is 4.26. The smallest absolute Gasteiger partial charge is 0.258 e. The molecule has 1 fully saturated rings. The lowest BCUT2D eigenvalue weighted by Gasteiger charge is -2.26. The highest BCUT2D eigenvalue weighted by Crippen LogP contribution is 2.33. The highest BCUT2D eigenvalue weighted by Gasteiger charge is 2.20. The van der Waals surface area contributed by atoms with Crippen LogP contribution in [0, 0.1) is 5.92 Å². The summed E-state index contributed by atoms with van der Waals surface area (Å²) in [4.78, 5) is 12.0. The topological polar surface area (TPSA) is 56.8 Å². The maximum Gasteiger partial charge on any atom is 0.258 e. The Morgan fingerprint density at radius 2 is 1.91 bits per heavy atom. The molecule has 0 radical (unpaired) electrons. The van der Waals surface area contributed by atoms with Crippen molar-refractivity contribution in [2.24, 2.45) is 5.92 Å². The molecular formula is C17H23NO4. The summed E-state index contributed by atoms with van der Waals surface area (Å²) in [6.07, 6.45) is 4.51. The van der Waals surface area contributed by atoms with Crippen molar-refractivity contribution in [2.45, 2.75) is 38.6 Å². The van der Waals surface area contributed by atoms with Crippen molar-refractivity contribution in [2.75, 3.05) is 19.8 Å². The number of hydrogen-bond acceptors (Lipinski definition) is 4. The molecule has 1 amide bonds. The van der Waals surface area contributed by atoms with E-state index in [1.165, 1.54) is 12.8 Å². The Morgan fingerprint density at radius 3 is 2.68 bits per heavy atom. The van der Waals surface area contributed by atoms with Gasteiger partial charge in [-0.25, -0.2) is 0 Å². The fourth-order valence-electron chi connectivity index (χ4n) is 2.94. The minimum absolute atomic E-state index is 0.0334. The van der Waals surface area contributed by atoms with Crippen LogP contribution in [0.4, 0.5) is 0 Å². The molecule has 5 heteroatoms. The first-order valence-corrected chi connectivity index (χ1v) is 8.02. The number of rotatable bonds is 4. The molecule has 3 rings (SSSR count). The van der Waals surface area contributed by atoms with Crippen LogP contribution in [0.15, 0.2) is 18.2 Å². The number of carbonyl (C=O) groups excluding carboxylic acids is 1. The largest absolute Gasteiger partial charge is 0.486 e. The quantitative estimate of drug-likeness (QED) is 0.928. The first-order valence-electron chi connectivity index (χ1n) is 8.02. The molecule has 120 valence electrons. The average Bonchev–Trinajstić information content (AvgIpc) is 2.55. The van der Waals surface area contributed by atoms with Crippen LogP contribution in [0.25, 0.3) is 0 Å². The van der Waals surface area contributed by atoms with E-state index >= 15 is 0 Å². The van der Waals surface area contributed by atoms with E-state index in [2.05, 4.69) is 12.2 Å². The Morgan fingerprint density at radius 1 is 1.18 bits per heavy atom. The molecule has 0 bridgehead atoms. The van der Waals surface area contributed by atoms with Crippen molar-refractivity contribution in [1.29, 1.82) is 0 Å². The van der Waals surface area contributed by atoms with Gasteiger partial charge in [0.05, 0.1) is 0 Å². The lowest BCUT2D eigenvalue weighted by atomic mass is 9.87. The lowest BCUT2D eigenvalue weighted by molar-refractivity contribution is -0.124. The highest BCUT2D eigenvalue weighted by molar-refractivity contribution is 5.77. The summed E-state index contributed by atoms with van der Waals surface area (Å²) in [6, 6.07) is 5.67. The molecule has 2 aliphatic rings. The molecule has 1 heterocycles. The predicted octanol–water partition coefficient (Wildman–Crippen LogP) is 2.53. The van der Waals surface area contributed by atoms with Crippen molar-refractivity contribution < 1.29 is 19.0 Å². The van der Waals surface area contributed by atoms with Crippen LogP contribution in [0.3, 0.4) is 0 Å². The standard InChI is InChI=1S/C17H23NO4/c1-12-2-4-13(5-3-12)18-17(19)11-22-14-6-7-15-16(10-14)21-9-8-20-15/h6-7,10,12-13H,2-5,8-9,11H2,1H3,(H,18,19). The molecular weight excluding hydrogens is 282 g/mol. The van der Waals surface area contributed by atoms with Crippen LogP contribution in [-0.4, -0.2) is 31.8 Å². The highest BCUT2D eigenvalue weighted by atomic mass is 16.6. The van der Waals surface area contributed by atoms with E-state index in [0.717, 1.165) is 24.5 Å². The summed E-state index contributed by atoms with van der Waals surface area (Å²) in [5.41, 5.74) is 0. The zero-order valence-electron chi connectivity index (χ0n) is 13.0. The van der Waals surface area contributed by atoms with E-state index in [4.69, 9.17) is 14.2 Å². The number of nitrogens with one attached hydrogen (secondary N) is 1. The molecule has 5 nitrogen and oxygen atoms in total. The van der Waals surface area contributed by atoms with Crippen molar-refractivity contribution >= 4 is 5.91 Å². The predicted molar refractivity (Wildman–Crippen MR) is 82.5 cm³/mol. The van der Waals surface area contributed by atoms with E-state index < -0.39 is 0 Å². The summed E-state index contributed by atoms with van der Waals surface area (Å²) in [5.74, 6) is 2.73. The van der Waals surface area contributed by atoms with Crippen molar-refractivity contribution in [3.63, 3.8) is 0 Å². The summed E-state index contributed by atoms with van der Waals surface area (Å²) < 4.78 is 16.5. The van der Waals surface area contributed by atoms with Gasteiger partial charge in [-0.15, -0.1) is 0 Å². The first-order chi connectivity index (χ1) is 10.7. The number of hydrogen-bond donors (Lipinski definition) is 1. The van der Waals surface area contributed by atoms with E-state index in [1.807, 2.05) is 6.07 Å². The van der Waals surface area contributed by atoms with Crippen molar-refractivity contribution in [3.8, 4) is 17.2 Å². The van der Waals surface area contributed by atoms with Gasteiger partial charge in [-0.3, -0.25) is 4.79 Å². The van der Waals surface area contributed by atoms with Gasteiger partial charge in [0.25, 0.3) is 5.91 Å². The van der Waals surface area contributed by atoms with Crippen LogP contribution >= 0.6 is 0 Å². The fourth-order valence-corrected chi connectivity index (χ4v) is 2.94. The van der Waals surface area contributed by atoms with Crippen LogP contribution in [-0.2, 0) is 4.79 Å². The number of amides is 1. The zero-order valence-corrected chi connectivity index (χ0v) is 13.0. The molecule has 0 spiro atoms. The summed E-state index contributed by atoms with van der Waals surface area (Å²) in [6.45, 7) is 3.40. The summed E-state index contributed by atoms with van der Waals surface area (Å²) in [5, 5.41) is 3.05. The lowest BCUT2D eigenvalue weighted by Crippen LogP contribution is -2.39. The molecule has 1 N–H and O–H groups in total. The SMILES string of the molecule is CC1CCC(NC(=O)COc2ccc3c(c2)OCCO3)CC1. The minimum atomic E-state index is -0.0607. The van der Waals surface area contributed by atoms with E-state index in [0.29, 0.717) is 30.8 Å². The fraction of sp³-hybridized carbons (Fsp3) is 0.588. The average molecular weight is 305 g/mol. The van der Waals surface area contributed by atoms with Crippen molar-refractivity contribution in [3.05, 3.63) is 18.2 Å². The second-order valence-corrected chi connectivity index (χ2v) is 6.12. The number of carbonyl (C=O) groups is 1. The number of ether oxygens (including phenoxy) is 3. The van der Waals surface area contributed by atoms with Gasteiger partial charge in [0.2, 0.25) is 0 Å². The number of fused-ring (bicyclic) bond motifs is 1. The molecule has 0 atom stereocenters. The Kier molecular flexibility index (Phi) is 4.71. The Balaban J connectivity index is 1.46. The Labute approximate surface area is 130 Å². The third kappa shape index (κ3) is 3.84. The molecule has 1 saturated carbocycles. The second-order valence-electron chi connectivity index (χ2n) is 6.12. The van der Waals surface area contributed by atoms with Gasteiger partial charge in [-0.2, -0.15) is 0 Å². The molecule has 1 aromatic rings. The van der Waals surface area contributed by atoms with E-state index in [-0.39, 0.29) is 12.5 Å². The molecule has 1 aliphatic heterocycles. The summed E-state index contributed by atoms with van der Waals surface area (Å²) >= 11 is 0. The first kappa shape index (κ1) is 15.0.